The fraction of sp³-hybridized carbons (Fsp3) is 0.400. The van der Waals surface area contributed by atoms with Crippen LogP contribution in [0.2, 0.25) is 5.02 Å². The molecule has 2 unspecified atom stereocenters. The minimum Gasteiger partial charge on any atom is -0.461 e. The van der Waals surface area contributed by atoms with Gasteiger partial charge in [-0.15, -0.1) is 0 Å². The smallest absolute Gasteiger partial charge is 0.310 e. The Hall–Kier alpha value is -1.30. The first-order chi connectivity index (χ1) is 10.6. The van der Waals surface area contributed by atoms with Gasteiger partial charge in [-0.3, -0.25) is 14.9 Å². The molecule has 5 nitrogen and oxygen atoms in total. The first-order valence-electron chi connectivity index (χ1n) is 6.77. The number of esters is 1. The predicted octanol–water partition coefficient (Wildman–Crippen LogP) is 4.88. The molecule has 23 heavy (non-hydrogen) atoms. The molecule has 1 aromatic carbocycles. The fourth-order valence-electron chi connectivity index (χ4n) is 2.58. The topological polar surface area (TPSA) is 69.4 Å². The van der Waals surface area contributed by atoms with Crippen LogP contribution in [0.3, 0.4) is 0 Å². The van der Waals surface area contributed by atoms with Crippen LogP contribution in [0.15, 0.2) is 28.8 Å². The summed E-state index contributed by atoms with van der Waals surface area (Å²) in [5, 5.41) is 10.8. The van der Waals surface area contributed by atoms with Gasteiger partial charge in [-0.25, -0.2) is 0 Å². The first kappa shape index (κ1) is 18.0. The molecule has 1 fully saturated rings. The van der Waals surface area contributed by atoms with E-state index in [2.05, 4.69) is 0 Å². The second-order valence-corrected chi connectivity index (χ2v) is 7.34. The van der Waals surface area contributed by atoms with E-state index in [0.717, 1.165) is 0 Å². The number of nitrogens with zero attached hydrogens (tertiary/aromatic N) is 1. The summed E-state index contributed by atoms with van der Waals surface area (Å²) < 4.78 is 5.39. The van der Waals surface area contributed by atoms with E-state index in [-0.39, 0.29) is 45.0 Å². The maximum atomic E-state index is 12.2. The van der Waals surface area contributed by atoms with Crippen molar-refractivity contribution in [3.05, 3.63) is 49.5 Å². The summed E-state index contributed by atoms with van der Waals surface area (Å²) in [6.45, 7) is 3.80. The molecule has 0 aliphatic heterocycles. The Bertz CT molecular complexity index is 683. The molecule has 0 N–H and O–H groups in total. The number of allylic oxidation sites excluding steroid dienone is 1. The van der Waals surface area contributed by atoms with Gasteiger partial charge in [0, 0.05) is 17.7 Å². The van der Waals surface area contributed by atoms with Gasteiger partial charge in [0.1, 0.15) is 11.1 Å². The third-order valence-corrected chi connectivity index (χ3v) is 4.69. The molecule has 0 spiro atoms. The number of non-ortho nitro benzene ring substituents is 1. The van der Waals surface area contributed by atoms with Crippen LogP contribution in [0.5, 0.6) is 0 Å². The third kappa shape index (κ3) is 3.97. The average molecular weight is 379 g/mol. The summed E-state index contributed by atoms with van der Waals surface area (Å²) in [4.78, 5) is 22.3. The summed E-state index contributed by atoms with van der Waals surface area (Å²) >= 11 is 17.3. The summed E-state index contributed by atoms with van der Waals surface area (Å²) in [6.07, 6.45) is 1.63. The lowest BCUT2D eigenvalue weighted by Gasteiger charge is -2.07. The number of ether oxygens (including phenoxy) is 1. The largest absolute Gasteiger partial charge is 0.461 e. The summed E-state index contributed by atoms with van der Waals surface area (Å²) in [5.74, 6) is -0.778. The maximum Gasteiger partial charge on any atom is 0.310 e. The summed E-state index contributed by atoms with van der Waals surface area (Å²) in [7, 11) is 0. The van der Waals surface area contributed by atoms with Crippen LogP contribution < -0.4 is 0 Å². The zero-order chi connectivity index (χ0) is 17.4. The molecule has 0 saturated heterocycles. The number of nitro benzene ring substituents is 1. The number of halogens is 3. The van der Waals surface area contributed by atoms with Crippen LogP contribution >= 0.6 is 34.8 Å². The van der Waals surface area contributed by atoms with E-state index < -0.39 is 4.92 Å². The Morgan fingerprint density at radius 2 is 2.09 bits per heavy atom. The molecule has 2 atom stereocenters. The van der Waals surface area contributed by atoms with E-state index in [4.69, 9.17) is 39.5 Å². The number of hydrogen-bond donors (Lipinski definition) is 0. The molecule has 1 aliphatic carbocycles. The standard InChI is InChI=1S/C15H14Cl3NO4/c1-15(2)10(6-12(17)18)13(15)14(20)23-7-8-3-4-9(19(21)22)5-11(8)16/h3-6,10,13H,7H2,1-2H3. The summed E-state index contributed by atoms with van der Waals surface area (Å²) in [5.41, 5.74) is 0.118. The van der Waals surface area contributed by atoms with Crippen LogP contribution in [-0.4, -0.2) is 10.9 Å². The van der Waals surface area contributed by atoms with Crippen LogP contribution in [0.1, 0.15) is 19.4 Å². The molecule has 8 heteroatoms. The van der Waals surface area contributed by atoms with E-state index in [1.807, 2.05) is 13.8 Å². The van der Waals surface area contributed by atoms with Gasteiger partial charge in [0.15, 0.2) is 0 Å². The zero-order valence-corrected chi connectivity index (χ0v) is 14.7. The van der Waals surface area contributed by atoms with Crippen molar-refractivity contribution >= 4 is 46.5 Å². The monoisotopic (exact) mass is 377 g/mol. The highest BCUT2D eigenvalue weighted by Crippen LogP contribution is 2.60. The van der Waals surface area contributed by atoms with Gasteiger partial charge in [0.05, 0.1) is 15.9 Å². The van der Waals surface area contributed by atoms with Crippen molar-refractivity contribution in [3.63, 3.8) is 0 Å². The van der Waals surface area contributed by atoms with Gasteiger partial charge < -0.3 is 4.74 Å². The van der Waals surface area contributed by atoms with Crippen molar-refractivity contribution < 1.29 is 14.5 Å². The minimum absolute atomic E-state index is 0.0483. The van der Waals surface area contributed by atoms with E-state index in [1.54, 1.807) is 6.08 Å². The Balaban J connectivity index is 2.01. The van der Waals surface area contributed by atoms with Gasteiger partial charge in [-0.1, -0.05) is 48.7 Å². The molecule has 1 saturated carbocycles. The lowest BCUT2D eigenvalue weighted by atomic mass is 10.1. The number of hydrogen-bond acceptors (Lipinski definition) is 4. The van der Waals surface area contributed by atoms with Crippen molar-refractivity contribution in [1.29, 1.82) is 0 Å². The zero-order valence-electron chi connectivity index (χ0n) is 12.4. The molecular weight excluding hydrogens is 365 g/mol. The molecule has 0 heterocycles. The molecule has 0 amide bonds. The highest BCUT2D eigenvalue weighted by atomic mass is 35.5. The number of carbonyl (C=O) groups excluding carboxylic acids is 1. The lowest BCUT2D eigenvalue weighted by molar-refractivity contribution is -0.384. The van der Waals surface area contributed by atoms with Gasteiger partial charge in [-0.2, -0.15) is 0 Å². The van der Waals surface area contributed by atoms with Gasteiger partial charge in [0.2, 0.25) is 0 Å². The minimum atomic E-state index is -0.540. The number of carbonyl (C=O) groups is 1. The highest BCUT2D eigenvalue weighted by molar-refractivity contribution is 6.55. The summed E-state index contributed by atoms with van der Waals surface area (Å²) in [6, 6.07) is 4.01. The third-order valence-electron chi connectivity index (χ3n) is 4.09. The molecule has 0 radical (unpaired) electrons. The quantitative estimate of drug-likeness (QED) is 0.416. The molecule has 0 aromatic heterocycles. The molecule has 1 aromatic rings. The second kappa shape index (κ2) is 6.67. The Labute approximate surface area is 148 Å². The number of rotatable bonds is 5. The maximum absolute atomic E-state index is 12.2. The number of benzene rings is 1. The average Bonchev–Trinajstić information content (AvgIpc) is 2.97. The molecular formula is C15H14Cl3NO4. The van der Waals surface area contributed by atoms with Crippen molar-refractivity contribution in [2.24, 2.45) is 17.3 Å². The van der Waals surface area contributed by atoms with E-state index in [9.17, 15) is 14.9 Å². The van der Waals surface area contributed by atoms with Crippen molar-refractivity contribution in [2.75, 3.05) is 0 Å². The van der Waals surface area contributed by atoms with E-state index in [1.165, 1.54) is 18.2 Å². The SMILES string of the molecule is CC1(C)C(C=C(Cl)Cl)C1C(=O)OCc1ccc([N+](=O)[O-])cc1Cl. The predicted molar refractivity (Wildman–Crippen MR) is 88.5 cm³/mol. The molecule has 124 valence electrons. The fourth-order valence-corrected chi connectivity index (χ4v) is 3.08. The van der Waals surface area contributed by atoms with E-state index in [0.29, 0.717) is 5.56 Å². The van der Waals surface area contributed by atoms with Gasteiger partial charge in [-0.05, 0) is 23.5 Å². The Morgan fingerprint density at radius 1 is 1.43 bits per heavy atom. The second-order valence-electron chi connectivity index (χ2n) is 5.92. The normalized spacial score (nSPS) is 21.4. The van der Waals surface area contributed by atoms with Gasteiger partial charge >= 0.3 is 5.97 Å². The van der Waals surface area contributed by atoms with Crippen molar-refractivity contribution in [2.45, 2.75) is 20.5 Å². The van der Waals surface area contributed by atoms with Crippen LogP contribution in [0.25, 0.3) is 0 Å². The van der Waals surface area contributed by atoms with Crippen molar-refractivity contribution in [3.8, 4) is 0 Å². The number of nitro groups is 1. The molecule has 0 bridgehead atoms. The first-order valence-corrected chi connectivity index (χ1v) is 7.90. The molecule has 2 rings (SSSR count). The Morgan fingerprint density at radius 3 is 2.61 bits per heavy atom. The lowest BCUT2D eigenvalue weighted by Crippen LogP contribution is -2.11. The Kier molecular flexibility index (Phi) is 5.23. The van der Waals surface area contributed by atoms with Crippen LogP contribution in [-0.2, 0) is 16.1 Å². The van der Waals surface area contributed by atoms with Crippen molar-refractivity contribution in [1.82, 2.24) is 0 Å². The highest BCUT2D eigenvalue weighted by Gasteiger charge is 2.61. The van der Waals surface area contributed by atoms with E-state index >= 15 is 0 Å². The van der Waals surface area contributed by atoms with Crippen LogP contribution in [0, 0.1) is 27.4 Å². The van der Waals surface area contributed by atoms with Gasteiger partial charge in [0.25, 0.3) is 5.69 Å². The van der Waals surface area contributed by atoms with Crippen LogP contribution in [0.4, 0.5) is 5.69 Å². The molecule has 1 aliphatic rings.